The Balaban J connectivity index is 1.80. The molecule has 0 saturated carbocycles. The van der Waals surface area contributed by atoms with Crippen molar-refractivity contribution >= 4 is 21.6 Å². The van der Waals surface area contributed by atoms with Crippen molar-refractivity contribution in [3.63, 3.8) is 0 Å². The number of carbonyl (C=O) groups excluding carboxylic acids is 1. The van der Waals surface area contributed by atoms with E-state index in [2.05, 4.69) is 19.2 Å². The molecule has 3 rings (SSSR count). The van der Waals surface area contributed by atoms with Crippen LogP contribution in [0.4, 0.5) is 5.69 Å². The summed E-state index contributed by atoms with van der Waals surface area (Å²) in [5.41, 5.74) is 1.31. The first-order chi connectivity index (χ1) is 15.2. The van der Waals surface area contributed by atoms with Crippen molar-refractivity contribution in [1.82, 2.24) is 4.31 Å². The zero-order valence-corrected chi connectivity index (χ0v) is 19.9. The van der Waals surface area contributed by atoms with E-state index in [9.17, 15) is 13.2 Å². The second-order valence-electron chi connectivity index (χ2n) is 8.27. The minimum Gasteiger partial charge on any atom is -0.495 e. The van der Waals surface area contributed by atoms with Gasteiger partial charge in [-0.25, -0.2) is 8.42 Å². The first-order valence-electron chi connectivity index (χ1n) is 11.0. The SMILES string of the molecule is COc1ccc(S(=O)(=O)N2CCCCC2)cc1NC(=O)[C@@H](C)Oc1ccccc1C(C)C. The lowest BCUT2D eigenvalue weighted by atomic mass is 10.0. The standard InChI is InChI=1S/C24H32N2O5S/c1-17(2)20-10-6-7-11-22(20)31-18(3)24(27)25-21-16-19(12-13-23(21)30-4)32(28,29)26-14-8-5-9-15-26/h6-7,10-13,16-18H,5,8-9,14-15H2,1-4H3,(H,25,27)/t18-/m1/s1. The van der Waals surface area contributed by atoms with Crippen molar-refractivity contribution in [1.29, 1.82) is 0 Å². The Kier molecular flexibility index (Phi) is 7.79. The highest BCUT2D eigenvalue weighted by atomic mass is 32.2. The van der Waals surface area contributed by atoms with Gasteiger partial charge in [-0.1, -0.05) is 38.5 Å². The van der Waals surface area contributed by atoms with Crippen LogP contribution in [0.1, 0.15) is 51.5 Å². The van der Waals surface area contributed by atoms with E-state index in [0.717, 1.165) is 24.8 Å². The molecule has 1 aliphatic heterocycles. The number of para-hydroxylation sites is 1. The fraction of sp³-hybridized carbons (Fsp3) is 0.458. The summed E-state index contributed by atoms with van der Waals surface area (Å²) in [6.45, 7) is 6.80. The van der Waals surface area contributed by atoms with Crippen LogP contribution >= 0.6 is 0 Å². The number of hydrogen-bond acceptors (Lipinski definition) is 5. The molecule has 1 fully saturated rings. The lowest BCUT2D eigenvalue weighted by Gasteiger charge is -2.26. The zero-order valence-electron chi connectivity index (χ0n) is 19.1. The van der Waals surface area contributed by atoms with Gasteiger partial charge in [-0.2, -0.15) is 4.31 Å². The van der Waals surface area contributed by atoms with Crippen LogP contribution in [0.25, 0.3) is 0 Å². The van der Waals surface area contributed by atoms with E-state index < -0.39 is 22.0 Å². The maximum absolute atomic E-state index is 13.0. The van der Waals surface area contributed by atoms with Gasteiger partial charge in [0.25, 0.3) is 5.91 Å². The summed E-state index contributed by atoms with van der Waals surface area (Å²) in [5.74, 6) is 0.886. The number of carbonyl (C=O) groups is 1. The highest BCUT2D eigenvalue weighted by molar-refractivity contribution is 7.89. The first-order valence-corrected chi connectivity index (χ1v) is 12.4. The molecule has 8 heteroatoms. The van der Waals surface area contributed by atoms with Gasteiger partial charge in [0.15, 0.2) is 6.10 Å². The van der Waals surface area contributed by atoms with Gasteiger partial charge in [0.2, 0.25) is 10.0 Å². The summed E-state index contributed by atoms with van der Waals surface area (Å²) in [5, 5.41) is 2.77. The Morgan fingerprint density at radius 2 is 1.69 bits per heavy atom. The van der Waals surface area contributed by atoms with Crippen LogP contribution in [-0.4, -0.2) is 44.9 Å². The Labute approximate surface area is 190 Å². The Morgan fingerprint density at radius 1 is 1.00 bits per heavy atom. The minimum atomic E-state index is -3.63. The summed E-state index contributed by atoms with van der Waals surface area (Å²) < 4.78 is 38.9. The molecule has 2 aromatic carbocycles. The third kappa shape index (κ3) is 5.42. The number of hydrogen-bond donors (Lipinski definition) is 1. The smallest absolute Gasteiger partial charge is 0.265 e. The van der Waals surface area contributed by atoms with Crippen LogP contribution in [-0.2, 0) is 14.8 Å². The van der Waals surface area contributed by atoms with Crippen molar-refractivity contribution in [3.8, 4) is 11.5 Å². The monoisotopic (exact) mass is 460 g/mol. The topological polar surface area (TPSA) is 84.9 Å². The van der Waals surface area contributed by atoms with Crippen molar-refractivity contribution in [2.24, 2.45) is 0 Å². The predicted molar refractivity (Wildman–Crippen MR) is 125 cm³/mol. The van der Waals surface area contributed by atoms with Crippen LogP contribution in [0.3, 0.4) is 0 Å². The molecule has 1 amide bonds. The van der Waals surface area contributed by atoms with Crippen molar-refractivity contribution in [2.45, 2.75) is 57.0 Å². The molecule has 7 nitrogen and oxygen atoms in total. The molecule has 0 bridgehead atoms. The number of nitrogens with zero attached hydrogens (tertiary/aromatic N) is 1. The van der Waals surface area contributed by atoms with Gasteiger partial charge in [-0.15, -0.1) is 0 Å². The molecule has 1 atom stereocenters. The molecular weight excluding hydrogens is 428 g/mol. The molecule has 1 saturated heterocycles. The zero-order chi connectivity index (χ0) is 23.3. The molecule has 0 aliphatic carbocycles. The van der Waals surface area contributed by atoms with Crippen LogP contribution < -0.4 is 14.8 Å². The van der Waals surface area contributed by atoms with Gasteiger partial charge >= 0.3 is 0 Å². The van der Waals surface area contributed by atoms with E-state index in [1.807, 2.05) is 24.3 Å². The summed E-state index contributed by atoms with van der Waals surface area (Å²) in [6.07, 6.45) is 1.95. The number of sulfonamides is 1. The van der Waals surface area contributed by atoms with Crippen molar-refractivity contribution in [2.75, 3.05) is 25.5 Å². The summed E-state index contributed by atoms with van der Waals surface area (Å²) in [6, 6.07) is 12.1. The second kappa shape index (κ2) is 10.4. The third-order valence-corrected chi connectivity index (χ3v) is 7.49. The molecular formula is C24H32N2O5S. The molecule has 174 valence electrons. The lowest BCUT2D eigenvalue weighted by Crippen LogP contribution is -2.35. The number of rotatable bonds is 8. The number of amides is 1. The quantitative estimate of drug-likeness (QED) is 0.631. The van der Waals surface area contributed by atoms with Gasteiger partial charge in [-0.05, 0) is 55.5 Å². The van der Waals surface area contributed by atoms with Crippen LogP contribution in [0.5, 0.6) is 11.5 Å². The first kappa shape index (κ1) is 24.1. The average molecular weight is 461 g/mol. The second-order valence-corrected chi connectivity index (χ2v) is 10.2. The van der Waals surface area contributed by atoms with Crippen molar-refractivity contribution < 1.29 is 22.7 Å². The number of nitrogens with one attached hydrogen (secondary N) is 1. The van der Waals surface area contributed by atoms with E-state index >= 15 is 0 Å². The van der Waals surface area contributed by atoms with E-state index in [4.69, 9.17) is 9.47 Å². The molecule has 1 aliphatic rings. The van der Waals surface area contributed by atoms with E-state index in [1.165, 1.54) is 23.5 Å². The largest absolute Gasteiger partial charge is 0.495 e. The number of ether oxygens (including phenoxy) is 2. The van der Waals surface area contributed by atoms with E-state index in [0.29, 0.717) is 30.3 Å². The maximum Gasteiger partial charge on any atom is 0.265 e. The van der Waals surface area contributed by atoms with E-state index in [1.54, 1.807) is 13.0 Å². The van der Waals surface area contributed by atoms with Gasteiger partial charge in [0, 0.05) is 13.1 Å². The van der Waals surface area contributed by atoms with Gasteiger partial charge < -0.3 is 14.8 Å². The number of benzene rings is 2. The van der Waals surface area contributed by atoms with E-state index in [-0.39, 0.29) is 10.8 Å². The fourth-order valence-electron chi connectivity index (χ4n) is 3.74. The summed E-state index contributed by atoms with van der Waals surface area (Å²) in [7, 11) is -2.16. The highest BCUT2D eigenvalue weighted by Crippen LogP contribution is 2.31. The van der Waals surface area contributed by atoms with Crippen LogP contribution in [0, 0.1) is 0 Å². The average Bonchev–Trinajstić information content (AvgIpc) is 2.79. The molecule has 1 N–H and O–H groups in total. The molecule has 0 unspecified atom stereocenters. The van der Waals surface area contributed by atoms with Gasteiger partial charge in [0.1, 0.15) is 11.5 Å². The number of methoxy groups -OCH3 is 1. The lowest BCUT2D eigenvalue weighted by molar-refractivity contribution is -0.122. The predicted octanol–water partition coefficient (Wildman–Crippen LogP) is 4.40. The highest BCUT2D eigenvalue weighted by Gasteiger charge is 2.27. The molecule has 32 heavy (non-hydrogen) atoms. The van der Waals surface area contributed by atoms with Crippen LogP contribution in [0.2, 0.25) is 0 Å². The summed E-state index contributed by atoms with van der Waals surface area (Å²) in [4.78, 5) is 13.0. The molecule has 1 heterocycles. The number of anilines is 1. The van der Waals surface area contributed by atoms with Gasteiger partial charge in [0.05, 0.1) is 17.7 Å². The fourth-order valence-corrected chi connectivity index (χ4v) is 5.29. The third-order valence-electron chi connectivity index (χ3n) is 5.60. The maximum atomic E-state index is 13.0. The Hall–Kier alpha value is -2.58. The Morgan fingerprint density at radius 3 is 2.34 bits per heavy atom. The minimum absolute atomic E-state index is 0.134. The molecule has 0 radical (unpaired) electrons. The molecule has 0 spiro atoms. The van der Waals surface area contributed by atoms with Gasteiger partial charge in [-0.3, -0.25) is 4.79 Å². The summed E-state index contributed by atoms with van der Waals surface area (Å²) >= 11 is 0. The molecule has 2 aromatic rings. The molecule has 0 aromatic heterocycles. The van der Waals surface area contributed by atoms with Crippen LogP contribution in [0.15, 0.2) is 47.4 Å². The van der Waals surface area contributed by atoms with Crippen molar-refractivity contribution in [3.05, 3.63) is 48.0 Å². The Bertz CT molecular complexity index is 1050. The number of piperidine rings is 1. The normalized spacial score (nSPS) is 15.9.